The topological polar surface area (TPSA) is 44.4 Å². The quantitative estimate of drug-likeness (QED) is 0.678. The maximum Gasteiger partial charge on any atom is 0.220 e. The van der Waals surface area contributed by atoms with E-state index in [2.05, 4.69) is 40.0 Å². The van der Waals surface area contributed by atoms with Crippen LogP contribution in [0.25, 0.3) is 0 Å². The molecule has 0 radical (unpaired) electrons. The zero-order valence-electron chi connectivity index (χ0n) is 16.8. The van der Waals surface area contributed by atoms with E-state index in [1.807, 2.05) is 11.3 Å². The van der Waals surface area contributed by atoms with Gasteiger partial charge < -0.3 is 10.6 Å². The highest BCUT2D eigenvalue weighted by molar-refractivity contribution is 7.10. The highest BCUT2D eigenvalue weighted by Crippen LogP contribution is 2.33. The minimum atomic E-state index is 0. The zero-order valence-corrected chi connectivity index (χ0v) is 19.2. The van der Waals surface area contributed by atoms with Gasteiger partial charge in [-0.25, -0.2) is 0 Å². The standard InChI is InChI=1S/C21H33N3OS.2ClH/c1-15-6-8-24(9-7-15)19(20-3-2-10-26-20)14-22-21(25)13-16-11-17-4-5-18(12-16)23-17;;/h2-3,10,15-19,23H,4-9,11-14H2,1H3,(H,22,25);2*1H. The Hall–Kier alpha value is -0.330. The molecule has 3 aliphatic heterocycles. The second-order valence-corrected chi connectivity index (χ2v) is 9.71. The number of hydrogen-bond donors (Lipinski definition) is 2. The molecule has 2 N–H and O–H groups in total. The van der Waals surface area contributed by atoms with Crippen molar-refractivity contribution >= 4 is 42.1 Å². The fourth-order valence-electron chi connectivity index (χ4n) is 5.12. The second-order valence-electron chi connectivity index (χ2n) is 8.73. The third kappa shape index (κ3) is 6.09. The summed E-state index contributed by atoms with van der Waals surface area (Å²) in [6, 6.07) is 6.04. The molecular formula is C21H35Cl2N3OS. The molecule has 3 fully saturated rings. The number of hydrogen-bond acceptors (Lipinski definition) is 4. The van der Waals surface area contributed by atoms with Gasteiger partial charge in [-0.05, 0) is 74.9 Å². The third-order valence-corrected chi connectivity index (χ3v) is 7.64. The summed E-state index contributed by atoms with van der Waals surface area (Å²) in [5.41, 5.74) is 0. The molecule has 1 aromatic heterocycles. The van der Waals surface area contributed by atoms with Crippen LogP contribution in [0.5, 0.6) is 0 Å². The molecule has 4 nitrogen and oxygen atoms in total. The molecule has 160 valence electrons. The Kier molecular flexibility index (Phi) is 9.55. The number of fused-ring (bicyclic) bond motifs is 2. The van der Waals surface area contributed by atoms with Crippen LogP contribution in [-0.2, 0) is 4.79 Å². The van der Waals surface area contributed by atoms with E-state index in [4.69, 9.17) is 0 Å². The van der Waals surface area contributed by atoms with Crippen LogP contribution in [0.2, 0.25) is 0 Å². The first-order valence-corrected chi connectivity index (χ1v) is 11.4. The fraction of sp³-hybridized carbons (Fsp3) is 0.762. The van der Waals surface area contributed by atoms with Crippen molar-refractivity contribution in [3.05, 3.63) is 22.4 Å². The SMILES string of the molecule is CC1CCN(C(CNC(=O)CC2CC3CCC(C2)N3)c2cccs2)CC1.Cl.Cl. The summed E-state index contributed by atoms with van der Waals surface area (Å²) in [5, 5.41) is 9.11. The molecule has 3 atom stereocenters. The molecule has 4 heterocycles. The van der Waals surface area contributed by atoms with E-state index in [0.717, 1.165) is 25.6 Å². The van der Waals surface area contributed by atoms with Gasteiger partial charge in [0.05, 0.1) is 6.04 Å². The van der Waals surface area contributed by atoms with Crippen molar-refractivity contribution in [3.63, 3.8) is 0 Å². The first kappa shape index (κ1) is 23.9. The Morgan fingerprint density at radius 3 is 2.50 bits per heavy atom. The number of carbonyl (C=O) groups is 1. The molecule has 1 aromatic rings. The van der Waals surface area contributed by atoms with Crippen molar-refractivity contribution < 1.29 is 4.79 Å². The Morgan fingerprint density at radius 2 is 1.89 bits per heavy atom. The highest BCUT2D eigenvalue weighted by Gasteiger charge is 2.34. The van der Waals surface area contributed by atoms with Crippen LogP contribution in [0.3, 0.4) is 0 Å². The van der Waals surface area contributed by atoms with Gasteiger partial charge in [-0.3, -0.25) is 9.69 Å². The molecule has 3 aliphatic rings. The molecule has 0 aromatic carbocycles. The van der Waals surface area contributed by atoms with Crippen LogP contribution in [-0.4, -0.2) is 42.5 Å². The van der Waals surface area contributed by atoms with E-state index < -0.39 is 0 Å². The van der Waals surface area contributed by atoms with Crippen LogP contribution in [0.4, 0.5) is 0 Å². The lowest BCUT2D eigenvalue weighted by atomic mass is 9.89. The van der Waals surface area contributed by atoms with Crippen LogP contribution >= 0.6 is 36.2 Å². The van der Waals surface area contributed by atoms with E-state index in [1.165, 1.54) is 43.4 Å². The maximum atomic E-state index is 12.6. The summed E-state index contributed by atoms with van der Waals surface area (Å²) in [6.45, 7) is 5.41. The van der Waals surface area contributed by atoms with Crippen LogP contribution in [0.1, 0.15) is 62.8 Å². The second kappa shape index (κ2) is 11.2. The van der Waals surface area contributed by atoms with E-state index in [0.29, 0.717) is 30.5 Å². The van der Waals surface area contributed by atoms with E-state index in [1.54, 1.807) is 0 Å². The van der Waals surface area contributed by atoms with Crippen molar-refractivity contribution in [2.45, 2.75) is 70.0 Å². The number of thiophene rings is 1. The Morgan fingerprint density at radius 1 is 1.21 bits per heavy atom. The van der Waals surface area contributed by atoms with Crippen molar-refractivity contribution in [2.24, 2.45) is 11.8 Å². The largest absolute Gasteiger partial charge is 0.354 e. The van der Waals surface area contributed by atoms with Crippen LogP contribution in [0, 0.1) is 11.8 Å². The average Bonchev–Trinajstić information content (AvgIpc) is 3.27. The van der Waals surface area contributed by atoms with Crippen molar-refractivity contribution in [3.8, 4) is 0 Å². The predicted molar refractivity (Wildman–Crippen MR) is 122 cm³/mol. The van der Waals surface area contributed by atoms with E-state index >= 15 is 0 Å². The zero-order chi connectivity index (χ0) is 17.9. The molecule has 3 unspecified atom stereocenters. The van der Waals surface area contributed by atoms with Gasteiger partial charge >= 0.3 is 0 Å². The number of carbonyl (C=O) groups excluding carboxylic acids is 1. The van der Waals surface area contributed by atoms with Gasteiger partial charge in [0.15, 0.2) is 0 Å². The molecule has 4 rings (SSSR count). The molecule has 0 spiro atoms. The number of halogens is 2. The van der Waals surface area contributed by atoms with Crippen molar-refractivity contribution in [1.82, 2.24) is 15.5 Å². The molecule has 3 saturated heterocycles. The summed E-state index contributed by atoms with van der Waals surface area (Å²) < 4.78 is 0. The molecular weight excluding hydrogens is 413 g/mol. The monoisotopic (exact) mass is 447 g/mol. The van der Waals surface area contributed by atoms with Gasteiger partial charge in [-0.1, -0.05) is 13.0 Å². The lowest BCUT2D eigenvalue weighted by Gasteiger charge is -2.36. The molecule has 1 amide bonds. The molecule has 7 heteroatoms. The Labute approximate surface area is 186 Å². The van der Waals surface area contributed by atoms with Gasteiger partial charge in [0, 0.05) is 29.9 Å². The van der Waals surface area contributed by atoms with Gasteiger partial charge in [-0.2, -0.15) is 0 Å². The van der Waals surface area contributed by atoms with Crippen LogP contribution in [0.15, 0.2) is 17.5 Å². The summed E-state index contributed by atoms with van der Waals surface area (Å²) >= 11 is 1.82. The molecule has 2 bridgehead atoms. The fourth-order valence-corrected chi connectivity index (χ4v) is 5.98. The van der Waals surface area contributed by atoms with Gasteiger partial charge in [0.2, 0.25) is 5.91 Å². The minimum Gasteiger partial charge on any atom is -0.354 e. The number of nitrogens with zero attached hydrogens (tertiary/aromatic N) is 1. The molecule has 0 saturated carbocycles. The van der Waals surface area contributed by atoms with Crippen molar-refractivity contribution in [1.29, 1.82) is 0 Å². The van der Waals surface area contributed by atoms with Crippen molar-refractivity contribution in [2.75, 3.05) is 19.6 Å². The van der Waals surface area contributed by atoms with E-state index in [-0.39, 0.29) is 30.7 Å². The number of piperidine rings is 2. The van der Waals surface area contributed by atoms with E-state index in [9.17, 15) is 4.79 Å². The number of likely N-dealkylation sites (tertiary alicyclic amines) is 1. The first-order valence-electron chi connectivity index (χ1n) is 10.5. The summed E-state index contributed by atoms with van der Waals surface area (Å²) in [4.78, 5) is 16.6. The Bertz CT molecular complexity index is 580. The average molecular weight is 449 g/mol. The third-order valence-electron chi connectivity index (χ3n) is 6.67. The number of rotatable bonds is 6. The number of amides is 1. The summed E-state index contributed by atoms with van der Waals surface area (Å²) in [7, 11) is 0. The molecule has 28 heavy (non-hydrogen) atoms. The predicted octanol–water partition coefficient (Wildman–Crippen LogP) is 4.40. The van der Waals surface area contributed by atoms with Gasteiger partial charge in [-0.15, -0.1) is 36.2 Å². The molecule has 0 aliphatic carbocycles. The smallest absolute Gasteiger partial charge is 0.220 e. The van der Waals surface area contributed by atoms with Crippen LogP contribution < -0.4 is 10.6 Å². The number of nitrogens with one attached hydrogen (secondary N) is 2. The summed E-state index contributed by atoms with van der Waals surface area (Å²) in [6.07, 6.45) is 8.22. The highest BCUT2D eigenvalue weighted by atomic mass is 35.5. The van der Waals surface area contributed by atoms with Gasteiger partial charge in [0.1, 0.15) is 0 Å². The van der Waals surface area contributed by atoms with Gasteiger partial charge in [0.25, 0.3) is 0 Å². The normalized spacial score (nSPS) is 28.8. The minimum absolute atomic E-state index is 0. The Balaban J connectivity index is 0.00000140. The lowest BCUT2D eigenvalue weighted by Crippen LogP contribution is -2.43. The summed E-state index contributed by atoms with van der Waals surface area (Å²) in [5.74, 6) is 1.66. The lowest BCUT2D eigenvalue weighted by molar-refractivity contribution is -0.122. The maximum absolute atomic E-state index is 12.6. The first-order chi connectivity index (χ1) is 12.7.